The number of phenolic OH excluding ortho intramolecular Hbond substituents is 1. The molecular weight excluding hydrogens is 722 g/mol. The number of halogens is 1. The van der Waals surface area contributed by atoms with Gasteiger partial charge in [0.1, 0.15) is 11.4 Å². The van der Waals surface area contributed by atoms with E-state index in [-0.39, 0.29) is 34.8 Å². The highest BCUT2D eigenvalue weighted by molar-refractivity contribution is 6.01. The zero-order valence-electron chi connectivity index (χ0n) is 32.3. The van der Waals surface area contributed by atoms with Crippen LogP contribution in [0.4, 0.5) is 15.8 Å². The fourth-order valence-corrected chi connectivity index (χ4v) is 10.1. The lowest BCUT2D eigenvalue weighted by Crippen LogP contribution is -2.74. The number of hydrogen-bond donors (Lipinski definition) is 2. The molecule has 12 heteroatoms. The highest BCUT2D eigenvalue weighted by Gasteiger charge is 2.56. The van der Waals surface area contributed by atoms with Crippen LogP contribution in [0, 0.1) is 5.41 Å². The number of hydrogen-bond acceptors (Lipinski definition) is 9. The number of phenols is 1. The molecule has 2 N–H and O–H groups in total. The Labute approximate surface area is 332 Å². The highest BCUT2D eigenvalue weighted by Crippen LogP contribution is 2.46. The first-order chi connectivity index (χ1) is 27.6. The van der Waals surface area contributed by atoms with Crippen molar-refractivity contribution in [1.82, 2.24) is 25.3 Å². The number of amides is 3. The molecule has 4 aromatic rings. The normalized spacial score (nSPS) is 22.8. The van der Waals surface area contributed by atoms with Crippen molar-refractivity contribution in [1.29, 1.82) is 0 Å². The van der Waals surface area contributed by atoms with Crippen LogP contribution < -0.4 is 15.1 Å². The van der Waals surface area contributed by atoms with Gasteiger partial charge in [-0.1, -0.05) is 54.6 Å². The molecule has 3 amide bonds. The maximum Gasteiger partial charge on any atom is 0.234 e. The number of para-hydroxylation sites is 1. The topological polar surface area (TPSA) is 122 Å². The van der Waals surface area contributed by atoms with E-state index in [2.05, 4.69) is 47.2 Å². The third kappa shape index (κ3) is 7.24. The summed E-state index contributed by atoms with van der Waals surface area (Å²) in [5.41, 5.74) is 3.49. The Balaban J connectivity index is 0.759. The van der Waals surface area contributed by atoms with Gasteiger partial charge in [-0.2, -0.15) is 10.2 Å². The summed E-state index contributed by atoms with van der Waals surface area (Å²) in [6.45, 7) is 6.71. The molecule has 0 unspecified atom stereocenters. The number of benzene rings is 3. The fraction of sp³-hybridized carbons (Fsp3) is 0.444. The first-order valence-electron chi connectivity index (χ1n) is 20.4. The lowest BCUT2D eigenvalue weighted by Gasteiger charge is -2.62. The van der Waals surface area contributed by atoms with Crippen molar-refractivity contribution in [2.45, 2.75) is 61.9 Å². The Morgan fingerprint density at radius 3 is 2.19 bits per heavy atom. The molecular formula is C45H50FN7O4. The van der Waals surface area contributed by atoms with Gasteiger partial charge in [0.05, 0.1) is 28.9 Å². The van der Waals surface area contributed by atoms with Crippen LogP contribution in [0.5, 0.6) is 5.75 Å². The Hall–Kier alpha value is -5.36. The summed E-state index contributed by atoms with van der Waals surface area (Å²) in [6.07, 6.45) is 5.49. The molecule has 296 valence electrons. The number of nitrogens with zero attached hydrogens (tertiary/aromatic N) is 6. The van der Waals surface area contributed by atoms with E-state index >= 15 is 4.39 Å². The number of alkyl halides is 1. The van der Waals surface area contributed by atoms with Crippen LogP contribution in [0.25, 0.3) is 11.3 Å². The SMILES string of the molecule is O=C1CC[C@H](c2ccc(N3CCC(F)(CCN4CC5(C4)CN(C(=O)C4(c6ccccc6)CCN(c6cnnc(-c7ccccc7O)c6)CC4)C5)CC3)cc2)C(=O)N1. The summed E-state index contributed by atoms with van der Waals surface area (Å²) < 4.78 is 16.1. The molecule has 0 saturated carbocycles. The van der Waals surface area contributed by atoms with Crippen molar-refractivity contribution in [3.8, 4) is 17.0 Å². The minimum atomic E-state index is -1.19. The molecule has 1 spiro atoms. The third-order valence-electron chi connectivity index (χ3n) is 13.4. The number of rotatable bonds is 9. The number of aromatic nitrogens is 2. The predicted octanol–water partition coefficient (Wildman–Crippen LogP) is 5.45. The number of anilines is 2. The van der Waals surface area contributed by atoms with Gasteiger partial charge in [0, 0.05) is 82.0 Å². The van der Waals surface area contributed by atoms with Crippen LogP contribution >= 0.6 is 0 Å². The third-order valence-corrected chi connectivity index (χ3v) is 13.4. The van der Waals surface area contributed by atoms with Crippen LogP contribution in [0.1, 0.15) is 62.0 Å². The Bertz CT molecular complexity index is 2120. The maximum atomic E-state index is 16.1. The van der Waals surface area contributed by atoms with Crippen LogP contribution in [-0.4, -0.2) is 107 Å². The van der Waals surface area contributed by atoms with Gasteiger partial charge >= 0.3 is 0 Å². The second-order valence-corrected chi connectivity index (χ2v) is 17.1. The van der Waals surface area contributed by atoms with Crippen molar-refractivity contribution >= 4 is 29.1 Å². The molecule has 9 rings (SSSR count). The number of imide groups is 1. The zero-order valence-corrected chi connectivity index (χ0v) is 32.3. The first kappa shape index (κ1) is 37.2. The average Bonchev–Trinajstić information content (AvgIpc) is 3.20. The lowest BCUT2D eigenvalue weighted by atomic mass is 9.67. The Kier molecular flexibility index (Phi) is 9.71. The van der Waals surface area contributed by atoms with E-state index in [9.17, 15) is 19.5 Å². The number of nitrogens with one attached hydrogen (secondary N) is 1. The van der Waals surface area contributed by atoms with Gasteiger partial charge in [0.15, 0.2) is 0 Å². The molecule has 6 heterocycles. The molecule has 5 aliphatic rings. The van der Waals surface area contributed by atoms with Gasteiger partial charge in [-0.05, 0) is 80.0 Å². The zero-order chi connectivity index (χ0) is 39.2. The summed E-state index contributed by atoms with van der Waals surface area (Å²) >= 11 is 0. The molecule has 11 nitrogen and oxygen atoms in total. The molecule has 0 radical (unpaired) electrons. The highest BCUT2D eigenvalue weighted by atomic mass is 19.1. The monoisotopic (exact) mass is 771 g/mol. The molecule has 5 fully saturated rings. The van der Waals surface area contributed by atoms with E-state index < -0.39 is 11.1 Å². The molecule has 3 aromatic carbocycles. The predicted molar refractivity (Wildman–Crippen MR) is 216 cm³/mol. The van der Waals surface area contributed by atoms with Crippen molar-refractivity contribution in [2.24, 2.45) is 5.41 Å². The quantitative estimate of drug-likeness (QED) is 0.214. The van der Waals surface area contributed by atoms with Crippen LogP contribution in [0.15, 0.2) is 91.1 Å². The van der Waals surface area contributed by atoms with Crippen LogP contribution in [0.3, 0.4) is 0 Å². The summed E-state index contributed by atoms with van der Waals surface area (Å²) in [6, 6.07) is 27.3. The average molecular weight is 772 g/mol. The van der Waals surface area contributed by atoms with Gasteiger partial charge in [0.25, 0.3) is 0 Å². The second kappa shape index (κ2) is 14.9. The molecule has 1 atom stereocenters. The summed E-state index contributed by atoms with van der Waals surface area (Å²) in [5.74, 6) is -0.381. The molecule has 57 heavy (non-hydrogen) atoms. The molecule has 5 aliphatic heterocycles. The standard InChI is InChI=1S/C45H50FN7O4/c46-44(17-22-51(23-18-44)34-12-10-32(11-13-34)36-14-15-40(55)48-41(36)56)16-21-50-28-43(29-50)30-53(31-43)42(57)45(33-6-2-1-3-7-33)19-24-52(25-20-45)35-26-38(49-47-27-35)37-8-4-5-9-39(37)54/h1-13,26-27,36,54H,14-25,28-31H2,(H,48,55,56)/t36-/m1/s1. The van der Waals surface area contributed by atoms with Crippen LogP contribution in [0.2, 0.25) is 0 Å². The summed E-state index contributed by atoms with van der Waals surface area (Å²) in [5, 5.41) is 21.4. The number of piperidine rings is 3. The van der Waals surface area contributed by atoms with Gasteiger partial charge in [0.2, 0.25) is 17.7 Å². The fourth-order valence-electron chi connectivity index (χ4n) is 10.1. The largest absolute Gasteiger partial charge is 0.507 e. The Morgan fingerprint density at radius 1 is 0.825 bits per heavy atom. The second-order valence-electron chi connectivity index (χ2n) is 17.1. The summed E-state index contributed by atoms with van der Waals surface area (Å²) in [7, 11) is 0. The van der Waals surface area contributed by atoms with Gasteiger partial charge in [-0.25, -0.2) is 4.39 Å². The van der Waals surface area contributed by atoms with Gasteiger partial charge in [-0.15, -0.1) is 0 Å². The van der Waals surface area contributed by atoms with E-state index in [0.29, 0.717) is 82.4 Å². The van der Waals surface area contributed by atoms with Crippen molar-refractivity contribution in [3.05, 3.63) is 102 Å². The number of likely N-dealkylation sites (tertiary alicyclic amines) is 2. The number of carbonyl (C=O) groups is 3. The molecule has 0 aliphatic carbocycles. The van der Waals surface area contributed by atoms with Crippen molar-refractivity contribution in [3.63, 3.8) is 0 Å². The lowest BCUT2D eigenvalue weighted by molar-refractivity contribution is -0.166. The van der Waals surface area contributed by atoms with Crippen molar-refractivity contribution in [2.75, 3.05) is 68.7 Å². The van der Waals surface area contributed by atoms with E-state index in [4.69, 9.17) is 0 Å². The molecule has 1 aromatic heterocycles. The van der Waals surface area contributed by atoms with E-state index in [1.807, 2.05) is 60.7 Å². The van der Waals surface area contributed by atoms with E-state index in [1.165, 1.54) is 0 Å². The van der Waals surface area contributed by atoms with E-state index in [0.717, 1.165) is 55.2 Å². The van der Waals surface area contributed by atoms with Crippen LogP contribution in [-0.2, 0) is 19.8 Å². The summed E-state index contributed by atoms with van der Waals surface area (Å²) in [4.78, 5) is 47.3. The molecule has 0 bridgehead atoms. The minimum absolute atomic E-state index is 0.100. The smallest absolute Gasteiger partial charge is 0.234 e. The Morgan fingerprint density at radius 2 is 1.49 bits per heavy atom. The van der Waals surface area contributed by atoms with Gasteiger partial charge in [-0.3, -0.25) is 19.7 Å². The minimum Gasteiger partial charge on any atom is -0.507 e. The van der Waals surface area contributed by atoms with E-state index in [1.54, 1.807) is 18.3 Å². The van der Waals surface area contributed by atoms with Gasteiger partial charge < -0.3 is 24.7 Å². The maximum absolute atomic E-state index is 16.1. The number of aromatic hydroxyl groups is 1. The first-order valence-corrected chi connectivity index (χ1v) is 20.4. The molecule has 5 saturated heterocycles. The van der Waals surface area contributed by atoms with Crippen molar-refractivity contribution < 1.29 is 23.9 Å². The number of carbonyl (C=O) groups excluding carboxylic acids is 3.